The number of para-hydroxylation sites is 1. The Hall–Kier alpha value is -6.93. The van der Waals surface area contributed by atoms with Crippen LogP contribution in [0.2, 0.25) is 0 Å². The molecule has 6 amide bonds. The maximum absolute atomic E-state index is 14.4. The van der Waals surface area contributed by atoms with Crippen LogP contribution in [0.5, 0.6) is 5.75 Å². The van der Waals surface area contributed by atoms with Crippen molar-refractivity contribution in [2.75, 3.05) is 5.75 Å². The van der Waals surface area contributed by atoms with Gasteiger partial charge >= 0.3 is 11.9 Å². The second-order valence-corrected chi connectivity index (χ2v) is 17.7. The molecule has 0 unspecified atom stereocenters. The molecule has 3 aromatic carbocycles. The van der Waals surface area contributed by atoms with Crippen LogP contribution in [0, 0.1) is 11.8 Å². The summed E-state index contributed by atoms with van der Waals surface area (Å²) in [5.74, 6) is -8.30. The number of H-pyrrole nitrogens is 1. The van der Waals surface area contributed by atoms with E-state index in [1.807, 2.05) is 24.3 Å². The van der Waals surface area contributed by atoms with Gasteiger partial charge in [0.05, 0.1) is 6.04 Å². The molecule has 0 aliphatic carbocycles. The zero-order chi connectivity index (χ0) is 50.1. The molecular formula is C48H62N8O11S. The van der Waals surface area contributed by atoms with Gasteiger partial charge in [-0.3, -0.25) is 33.6 Å². The number of aromatic nitrogens is 1. The molecule has 0 saturated heterocycles. The van der Waals surface area contributed by atoms with Crippen LogP contribution in [0.25, 0.3) is 10.9 Å². The zero-order valence-corrected chi connectivity index (χ0v) is 39.3. The Morgan fingerprint density at radius 3 is 1.60 bits per heavy atom. The maximum Gasteiger partial charge on any atom is 0.326 e. The molecule has 12 N–H and O–H groups in total. The number of phenols is 1. The number of rotatable bonds is 26. The number of aliphatic carboxylic acids is 2. The van der Waals surface area contributed by atoms with E-state index in [4.69, 9.17) is 5.73 Å². The van der Waals surface area contributed by atoms with E-state index in [0.29, 0.717) is 16.7 Å². The lowest BCUT2D eigenvalue weighted by atomic mass is 10.00. The monoisotopic (exact) mass is 958 g/mol. The Balaban J connectivity index is 1.60. The second kappa shape index (κ2) is 25.8. The highest BCUT2D eigenvalue weighted by Gasteiger charge is 2.34. The SMILES string of the molecule is CC(C)C[C@H](NC(=O)[C@H](Cc1c[nH]c2ccccc12)NC(=O)[C@H](Cc1ccccc1)NC(=O)[C@H](CS)NC(=O)[C@H](CCC(=O)O)NC(=O)[C@H](Cc1ccc(O)cc1)NC(=O)[C@@H](N)C(C)C)C(=O)O. The lowest BCUT2D eigenvalue weighted by Gasteiger charge is -2.27. The van der Waals surface area contributed by atoms with Gasteiger partial charge in [-0.1, -0.05) is 88.4 Å². The zero-order valence-electron chi connectivity index (χ0n) is 38.4. The molecule has 0 fully saturated rings. The van der Waals surface area contributed by atoms with Crippen molar-refractivity contribution in [1.29, 1.82) is 0 Å². The molecule has 0 aliphatic heterocycles. The van der Waals surface area contributed by atoms with Gasteiger partial charge in [-0.15, -0.1) is 0 Å². The van der Waals surface area contributed by atoms with E-state index in [1.54, 1.807) is 64.2 Å². The summed E-state index contributed by atoms with van der Waals surface area (Å²) in [6.45, 7) is 7.04. The number of benzene rings is 3. The predicted octanol–water partition coefficient (Wildman–Crippen LogP) is 1.72. The highest BCUT2D eigenvalue weighted by molar-refractivity contribution is 7.80. The summed E-state index contributed by atoms with van der Waals surface area (Å²) in [6, 6.07) is 12.5. The molecule has 0 bridgehead atoms. The van der Waals surface area contributed by atoms with E-state index in [0.717, 1.165) is 10.9 Å². The third kappa shape index (κ3) is 16.4. The molecule has 366 valence electrons. The summed E-state index contributed by atoms with van der Waals surface area (Å²) in [5, 5.41) is 45.6. The van der Waals surface area contributed by atoms with Crippen LogP contribution in [0.15, 0.2) is 85.1 Å². The van der Waals surface area contributed by atoms with Gasteiger partial charge in [0.15, 0.2) is 0 Å². The van der Waals surface area contributed by atoms with Gasteiger partial charge in [0, 0.05) is 48.5 Å². The number of carboxylic acid groups (broad SMARTS) is 2. The topological polar surface area (TPSA) is 311 Å². The number of aromatic amines is 1. The van der Waals surface area contributed by atoms with Gasteiger partial charge < -0.3 is 57.9 Å². The third-order valence-corrected chi connectivity index (χ3v) is 11.5. The summed E-state index contributed by atoms with van der Waals surface area (Å²) in [7, 11) is 0. The standard InChI is InChI=1S/C48H62N8O11S/c1-26(2)20-38(48(66)67)55-45(63)37(23-30-24-50-33-13-9-8-12-32(30)33)53-44(62)35(21-28-10-6-5-7-11-28)52-46(64)39(25-68)56-42(60)34(18-19-40(58)59)51-43(61)36(54-47(65)41(49)27(3)4)22-29-14-16-31(57)17-15-29/h5-17,24,26-27,34-39,41,50,57,68H,18-23,25,49H2,1-4H3,(H,51,61)(H,52,64)(H,53,62)(H,54,65)(H,55,63)(H,56,60)(H,58,59)(H,66,67)/t34-,35-,36-,37-,38-,39-,41-/m0/s1. The molecular weight excluding hydrogens is 897 g/mol. The number of fused-ring (bicyclic) bond motifs is 1. The summed E-state index contributed by atoms with van der Waals surface area (Å²) in [5.41, 5.74) is 8.60. The minimum atomic E-state index is -1.55. The Labute approximate surface area is 399 Å². The van der Waals surface area contributed by atoms with Crippen LogP contribution in [-0.2, 0) is 57.6 Å². The smallest absolute Gasteiger partial charge is 0.326 e. The molecule has 0 saturated carbocycles. The first-order chi connectivity index (χ1) is 32.3. The van der Waals surface area contributed by atoms with Crippen molar-refractivity contribution in [2.45, 2.75) is 109 Å². The Morgan fingerprint density at radius 1 is 0.588 bits per heavy atom. The Kier molecular flexibility index (Phi) is 20.4. The van der Waals surface area contributed by atoms with Crippen LogP contribution in [0.1, 0.15) is 63.6 Å². The van der Waals surface area contributed by atoms with Crippen LogP contribution in [0.4, 0.5) is 0 Å². The highest BCUT2D eigenvalue weighted by atomic mass is 32.1. The number of hydrogen-bond acceptors (Lipinski definition) is 11. The number of carbonyl (C=O) groups is 8. The summed E-state index contributed by atoms with van der Waals surface area (Å²) >= 11 is 4.29. The normalized spacial score (nSPS) is 14.4. The van der Waals surface area contributed by atoms with Crippen molar-refractivity contribution in [3.05, 3.63) is 102 Å². The van der Waals surface area contributed by atoms with Gasteiger partial charge in [0.1, 0.15) is 42.0 Å². The van der Waals surface area contributed by atoms with Crippen LogP contribution >= 0.6 is 12.6 Å². The first-order valence-corrected chi connectivity index (χ1v) is 22.9. The number of phenolic OH excluding ortho intramolecular Hbond substituents is 1. The quantitative estimate of drug-likeness (QED) is 0.0401. The molecule has 68 heavy (non-hydrogen) atoms. The van der Waals surface area contributed by atoms with Crippen molar-refractivity contribution >= 4 is 70.9 Å². The van der Waals surface area contributed by atoms with Crippen molar-refractivity contribution in [3.63, 3.8) is 0 Å². The molecule has 7 atom stereocenters. The number of thiol groups is 1. The minimum absolute atomic E-state index is 0.0398. The number of aromatic hydroxyl groups is 1. The van der Waals surface area contributed by atoms with E-state index < -0.39 is 103 Å². The molecule has 0 spiro atoms. The van der Waals surface area contributed by atoms with Crippen LogP contribution in [0.3, 0.4) is 0 Å². The summed E-state index contributed by atoms with van der Waals surface area (Å²) in [4.78, 5) is 110. The third-order valence-electron chi connectivity index (χ3n) is 11.1. The minimum Gasteiger partial charge on any atom is -0.508 e. The number of carboxylic acids is 2. The summed E-state index contributed by atoms with van der Waals surface area (Å²) in [6.07, 6.45) is 0.518. The van der Waals surface area contributed by atoms with Crippen LogP contribution in [-0.4, -0.2) is 116 Å². The number of amides is 6. The molecule has 4 rings (SSSR count). The average Bonchev–Trinajstić information content (AvgIpc) is 3.71. The number of nitrogens with one attached hydrogen (secondary N) is 7. The van der Waals surface area contributed by atoms with E-state index in [-0.39, 0.29) is 49.0 Å². The number of carbonyl (C=O) groups excluding carboxylic acids is 6. The van der Waals surface area contributed by atoms with Gasteiger partial charge in [0.25, 0.3) is 0 Å². The molecule has 4 aromatic rings. The van der Waals surface area contributed by atoms with E-state index in [1.165, 1.54) is 24.3 Å². The van der Waals surface area contributed by atoms with E-state index >= 15 is 0 Å². The number of hydrogen-bond donors (Lipinski definition) is 12. The Morgan fingerprint density at radius 2 is 1.06 bits per heavy atom. The fourth-order valence-electron chi connectivity index (χ4n) is 7.22. The van der Waals surface area contributed by atoms with Crippen molar-refractivity contribution in [1.82, 2.24) is 36.9 Å². The van der Waals surface area contributed by atoms with Crippen molar-refractivity contribution in [3.8, 4) is 5.75 Å². The molecule has 0 radical (unpaired) electrons. The fraction of sp³-hybridized carbons (Fsp3) is 0.417. The lowest BCUT2D eigenvalue weighted by molar-refractivity contribution is -0.142. The first-order valence-electron chi connectivity index (χ1n) is 22.3. The van der Waals surface area contributed by atoms with Gasteiger partial charge in [-0.05, 0) is 59.6 Å². The summed E-state index contributed by atoms with van der Waals surface area (Å²) < 4.78 is 0. The van der Waals surface area contributed by atoms with Crippen molar-refractivity contribution < 1.29 is 53.7 Å². The molecule has 19 nitrogen and oxygen atoms in total. The van der Waals surface area contributed by atoms with E-state index in [2.05, 4.69) is 49.5 Å². The lowest BCUT2D eigenvalue weighted by Crippen LogP contribution is -2.61. The predicted molar refractivity (Wildman–Crippen MR) is 256 cm³/mol. The van der Waals surface area contributed by atoms with Gasteiger partial charge in [-0.2, -0.15) is 12.6 Å². The van der Waals surface area contributed by atoms with Gasteiger partial charge in [0.2, 0.25) is 35.4 Å². The fourth-order valence-corrected chi connectivity index (χ4v) is 7.48. The van der Waals surface area contributed by atoms with E-state index in [9.17, 15) is 53.7 Å². The van der Waals surface area contributed by atoms with Crippen molar-refractivity contribution in [2.24, 2.45) is 17.6 Å². The first kappa shape index (κ1) is 53.7. The molecule has 1 heterocycles. The average molecular weight is 959 g/mol. The van der Waals surface area contributed by atoms with Gasteiger partial charge in [-0.25, -0.2) is 4.79 Å². The molecule has 1 aromatic heterocycles. The maximum atomic E-state index is 14.4. The highest BCUT2D eigenvalue weighted by Crippen LogP contribution is 2.20. The molecule has 20 heteroatoms. The Bertz CT molecular complexity index is 2380. The largest absolute Gasteiger partial charge is 0.508 e. The number of nitrogens with two attached hydrogens (primary N) is 1. The molecule has 0 aliphatic rings. The van der Waals surface area contributed by atoms with Crippen LogP contribution < -0.4 is 37.6 Å². The second-order valence-electron chi connectivity index (χ2n) is 17.3.